The van der Waals surface area contributed by atoms with Gasteiger partial charge in [-0.2, -0.15) is 0 Å². The van der Waals surface area contributed by atoms with Gasteiger partial charge in [0.1, 0.15) is 18.8 Å². The van der Waals surface area contributed by atoms with Gasteiger partial charge in [-0.25, -0.2) is 0 Å². The van der Waals surface area contributed by atoms with Crippen molar-refractivity contribution >= 4 is 41.4 Å². The molecule has 0 amide bonds. The molecule has 354 valence electrons. The van der Waals surface area contributed by atoms with Crippen LogP contribution in [0.3, 0.4) is 0 Å². The van der Waals surface area contributed by atoms with Crippen molar-refractivity contribution in [2.45, 2.75) is 164 Å². The quantitative estimate of drug-likeness (QED) is 0.120. The van der Waals surface area contributed by atoms with Crippen LogP contribution in [-0.4, -0.2) is 104 Å². The molecule has 0 N–H and O–H groups in total. The van der Waals surface area contributed by atoms with Crippen LogP contribution in [0.1, 0.15) is 115 Å². The lowest BCUT2D eigenvalue weighted by Gasteiger charge is -2.61. The molecule has 64 heavy (non-hydrogen) atoms. The normalized spacial score (nSPS) is 42.8. The summed E-state index contributed by atoms with van der Waals surface area (Å²) in [5.74, 6) is -6.23. The van der Waals surface area contributed by atoms with Gasteiger partial charge in [-0.1, -0.05) is 47.3 Å². The van der Waals surface area contributed by atoms with E-state index in [1.807, 2.05) is 13.0 Å². The fourth-order valence-corrected chi connectivity index (χ4v) is 13.9. The summed E-state index contributed by atoms with van der Waals surface area (Å²) >= 11 is 0. The first-order valence-electron chi connectivity index (χ1n) is 22.8. The fraction of sp³-hybridized carbons (Fsp3) is 0.771. The van der Waals surface area contributed by atoms with Crippen molar-refractivity contribution in [1.82, 2.24) is 0 Å². The molecule has 7 aliphatic rings. The van der Waals surface area contributed by atoms with Crippen molar-refractivity contribution in [3.63, 3.8) is 0 Å². The van der Waals surface area contributed by atoms with Crippen LogP contribution in [0.15, 0.2) is 24.3 Å². The van der Waals surface area contributed by atoms with Crippen LogP contribution in [0.25, 0.3) is 0 Å². The van der Waals surface area contributed by atoms with Gasteiger partial charge in [0.25, 0.3) is 5.97 Å². The maximum absolute atomic E-state index is 14.7. The first kappa shape index (κ1) is 48.0. The van der Waals surface area contributed by atoms with Crippen molar-refractivity contribution in [2.75, 3.05) is 13.2 Å². The van der Waals surface area contributed by atoms with Crippen molar-refractivity contribution < 1.29 is 76.2 Å². The van der Waals surface area contributed by atoms with Gasteiger partial charge in [0.05, 0.1) is 6.61 Å². The molecular weight excluding hydrogens is 833 g/mol. The van der Waals surface area contributed by atoms with Crippen LogP contribution in [-0.2, 0) is 76.2 Å². The average Bonchev–Trinajstić information content (AvgIpc) is 3.66. The maximum Gasteiger partial charge on any atom is 0.303 e. The molecule has 2 spiro atoms. The lowest BCUT2D eigenvalue weighted by Crippen LogP contribution is -2.60. The number of fused-ring (bicyclic) bond motifs is 3. The topological polar surface area (TPSA) is 203 Å². The largest absolute Gasteiger partial charge is 0.463 e. The number of Topliss-reactive ketones (excluding diaryl/α,β-unsaturated/α-hetero) is 1. The van der Waals surface area contributed by atoms with Crippen molar-refractivity contribution in [3.05, 3.63) is 24.3 Å². The highest BCUT2D eigenvalue weighted by Crippen LogP contribution is 2.87. The monoisotopic (exact) mass is 898 g/mol. The Balaban J connectivity index is 1.09. The molecule has 0 aromatic rings. The standard InChI is InChI=1S/C48H66O16/c1-23(20-57-46(12)63-42-41(61-31(9)53)40(60-30(8)52)35(21-56-27(5)49)62-43(42)64-46)24(2)38(55)39(59-29(7)51)26(4)37-34(58-28(6)50)19-45(11)36-14-13-32-25(3)33(54)15-16-47(32)22-48(36,47)18-17-44(37,45)10/h15-16,23,25-26,32,34-37,39-43H,2,13-14,17-22H2,1,3-12H3/t23-,25-,26-,32?,34-,35?,36?,37-,39+,40?,41?,42?,43?,44+,45-,46?,47+,48-/m0/s1. The molecule has 2 heterocycles. The highest BCUT2D eigenvalue weighted by molar-refractivity contribution is 6.00. The minimum atomic E-state index is -1.83. The molecule has 16 nitrogen and oxygen atoms in total. The summed E-state index contributed by atoms with van der Waals surface area (Å²) in [6.45, 7) is 21.6. The molecule has 0 bridgehead atoms. The lowest BCUT2D eigenvalue weighted by molar-refractivity contribution is -0.346. The number of allylic oxidation sites excluding steroid dienone is 2. The Morgan fingerprint density at radius 2 is 1.50 bits per heavy atom. The van der Waals surface area contributed by atoms with Crippen LogP contribution in [0.2, 0.25) is 0 Å². The van der Waals surface area contributed by atoms with Crippen molar-refractivity contribution in [1.29, 1.82) is 0 Å². The third-order valence-electron chi connectivity index (χ3n) is 16.8. The first-order chi connectivity index (χ1) is 29.8. The van der Waals surface area contributed by atoms with Gasteiger partial charge in [-0.3, -0.25) is 38.3 Å². The Hall–Kier alpha value is -3.99. The zero-order valence-corrected chi connectivity index (χ0v) is 39.1. The van der Waals surface area contributed by atoms with E-state index >= 15 is 0 Å². The molecule has 7 rings (SSSR count). The molecule has 18 atom stereocenters. The van der Waals surface area contributed by atoms with E-state index in [2.05, 4.69) is 33.4 Å². The maximum atomic E-state index is 14.7. The minimum absolute atomic E-state index is 0.0128. The number of hydrogen-bond acceptors (Lipinski definition) is 16. The summed E-state index contributed by atoms with van der Waals surface area (Å²) < 4.78 is 52.7. The Bertz CT molecular complexity index is 1990. The van der Waals surface area contributed by atoms with Crippen LogP contribution in [0.5, 0.6) is 0 Å². The predicted molar refractivity (Wildman–Crippen MR) is 223 cm³/mol. The van der Waals surface area contributed by atoms with E-state index in [-0.39, 0.29) is 52.7 Å². The molecule has 0 aromatic heterocycles. The second-order valence-corrected chi connectivity index (χ2v) is 20.4. The number of hydrogen-bond donors (Lipinski definition) is 0. The zero-order valence-electron chi connectivity index (χ0n) is 39.1. The third-order valence-corrected chi connectivity index (χ3v) is 16.8. The number of carbonyl (C=O) groups is 7. The molecule has 0 aromatic carbocycles. The molecule has 5 aliphatic carbocycles. The summed E-state index contributed by atoms with van der Waals surface area (Å²) in [4.78, 5) is 89.2. The van der Waals surface area contributed by atoms with Crippen LogP contribution < -0.4 is 0 Å². The molecule has 2 saturated heterocycles. The van der Waals surface area contributed by atoms with E-state index in [0.29, 0.717) is 18.3 Å². The Kier molecular flexibility index (Phi) is 12.8. The Morgan fingerprint density at radius 3 is 2.12 bits per heavy atom. The highest BCUT2D eigenvalue weighted by Gasteiger charge is 2.82. The van der Waals surface area contributed by atoms with Crippen LogP contribution >= 0.6 is 0 Å². The highest BCUT2D eigenvalue weighted by atomic mass is 16.9. The molecular formula is C48H66O16. The zero-order chi connectivity index (χ0) is 47.1. The van der Waals surface area contributed by atoms with E-state index in [0.717, 1.165) is 32.1 Å². The van der Waals surface area contributed by atoms with Crippen LogP contribution in [0.4, 0.5) is 0 Å². The number of ketones is 2. The van der Waals surface area contributed by atoms with E-state index < -0.39 is 102 Å². The summed E-state index contributed by atoms with van der Waals surface area (Å²) in [6, 6.07) is 0. The Morgan fingerprint density at radius 1 is 0.844 bits per heavy atom. The molecule has 0 radical (unpaired) electrons. The van der Waals surface area contributed by atoms with Gasteiger partial charge < -0.3 is 37.9 Å². The fourth-order valence-electron chi connectivity index (χ4n) is 13.9. The van der Waals surface area contributed by atoms with Crippen molar-refractivity contribution in [3.8, 4) is 0 Å². The second-order valence-electron chi connectivity index (χ2n) is 20.4. The predicted octanol–water partition coefficient (Wildman–Crippen LogP) is 5.51. The summed E-state index contributed by atoms with van der Waals surface area (Å²) in [7, 11) is 0. The number of rotatable bonds is 14. The molecule has 6 fully saturated rings. The van der Waals surface area contributed by atoms with Gasteiger partial charge in [-0.15, -0.1) is 0 Å². The van der Waals surface area contributed by atoms with Gasteiger partial charge in [0.15, 0.2) is 42.3 Å². The smallest absolute Gasteiger partial charge is 0.303 e. The van der Waals surface area contributed by atoms with Gasteiger partial charge in [-0.05, 0) is 83.7 Å². The third kappa shape index (κ3) is 7.95. The van der Waals surface area contributed by atoms with E-state index in [9.17, 15) is 33.6 Å². The number of ether oxygens (including phenoxy) is 9. The van der Waals surface area contributed by atoms with Gasteiger partial charge in [0.2, 0.25) is 0 Å². The lowest BCUT2D eigenvalue weighted by atomic mass is 9.43. The van der Waals surface area contributed by atoms with E-state index in [1.54, 1.807) is 6.92 Å². The summed E-state index contributed by atoms with van der Waals surface area (Å²) in [5.41, 5.74) is -0.543. The first-order valence-corrected chi connectivity index (χ1v) is 22.8. The molecule has 16 heteroatoms. The van der Waals surface area contributed by atoms with Gasteiger partial charge >= 0.3 is 29.8 Å². The number of esters is 5. The second kappa shape index (κ2) is 17.0. The Labute approximate surface area is 375 Å². The average molecular weight is 899 g/mol. The molecule has 8 unspecified atom stereocenters. The summed E-state index contributed by atoms with van der Waals surface area (Å²) in [6.07, 6.45) is 1.62. The molecule has 4 saturated carbocycles. The van der Waals surface area contributed by atoms with E-state index in [4.69, 9.17) is 42.6 Å². The van der Waals surface area contributed by atoms with Crippen molar-refractivity contribution in [2.24, 2.45) is 57.2 Å². The number of carbonyl (C=O) groups excluding carboxylic acids is 7. The van der Waals surface area contributed by atoms with E-state index in [1.165, 1.54) is 41.5 Å². The summed E-state index contributed by atoms with van der Waals surface area (Å²) in [5, 5.41) is 0. The van der Waals surface area contributed by atoms with Gasteiger partial charge in [0, 0.05) is 65.2 Å². The minimum Gasteiger partial charge on any atom is -0.463 e. The SMILES string of the molecule is C=C(C(=O)[C@H](OC(C)=O)[C@@H](C)[C@H]1[C@@H](OC(C)=O)C[C@@]2(C)C3CCC4[C@H](C)C(=O)C=C[C@@]45C[C@@]35CC[C@]12C)[C@@H](C)COC1(C)OC2OC(COC(C)=O)C(OC(C)=O)C(OC(C)=O)C2O1. The molecule has 2 aliphatic heterocycles. The van der Waals surface area contributed by atoms with Crippen LogP contribution in [0, 0.1) is 57.2 Å².